The number of anilines is 1. The third kappa shape index (κ3) is 5.28. The fraction of sp³-hybridized carbons (Fsp3) is 0.0952. The van der Waals surface area contributed by atoms with E-state index in [9.17, 15) is 4.79 Å². The number of hydrogen-bond acceptors (Lipinski definition) is 5. The Hall–Kier alpha value is -2.96. The van der Waals surface area contributed by atoms with Crippen LogP contribution in [0.1, 0.15) is 27.0 Å². The molecule has 1 heterocycles. The molecule has 2 N–H and O–H groups in total. The largest absolute Gasteiger partial charge is 0.380 e. The molecule has 0 aliphatic rings. The number of nitrogens with one attached hydrogen (secondary N) is 2. The Morgan fingerprint density at radius 2 is 1.93 bits per heavy atom. The number of pyridine rings is 1. The molecule has 1 aromatic heterocycles. The third-order valence-corrected chi connectivity index (χ3v) is 4.98. The zero-order valence-electron chi connectivity index (χ0n) is 14.9. The molecule has 3 aromatic rings. The maximum absolute atomic E-state index is 12.5. The zero-order valence-corrected chi connectivity index (χ0v) is 17.0. The van der Waals surface area contributed by atoms with Crippen LogP contribution in [-0.4, -0.2) is 10.9 Å². The van der Waals surface area contributed by atoms with E-state index >= 15 is 0 Å². The minimum Gasteiger partial charge on any atom is -0.380 e. The van der Waals surface area contributed by atoms with Crippen LogP contribution in [0.2, 0.25) is 0 Å². The molecule has 0 radical (unpaired) electrons. The Bertz CT molecular complexity index is 1000. The van der Waals surface area contributed by atoms with Crippen molar-refractivity contribution in [3.63, 3.8) is 0 Å². The standard InChI is InChI=1S/C21H17IN4O2/c22-19-11-16(12-23)5-6-17(19)14-28-26-21(27)18-3-1-2-4-20(18)25-13-15-7-9-24-10-8-15/h1-11,25H,13-14H2,(H,26,27). The summed E-state index contributed by atoms with van der Waals surface area (Å²) in [5.74, 6) is -0.332. The molecule has 0 saturated carbocycles. The van der Waals surface area contributed by atoms with E-state index in [-0.39, 0.29) is 12.5 Å². The molecule has 0 saturated heterocycles. The van der Waals surface area contributed by atoms with Gasteiger partial charge in [-0.05, 0) is 70.1 Å². The smallest absolute Gasteiger partial charge is 0.276 e. The van der Waals surface area contributed by atoms with Gasteiger partial charge >= 0.3 is 0 Å². The molecule has 0 fully saturated rings. The van der Waals surface area contributed by atoms with Gasteiger partial charge in [0.25, 0.3) is 5.91 Å². The summed E-state index contributed by atoms with van der Waals surface area (Å²) in [4.78, 5) is 21.9. The molecule has 2 aromatic carbocycles. The van der Waals surface area contributed by atoms with E-state index in [0.717, 1.165) is 14.7 Å². The third-order valence-electron chi connectivity index (χ3n) is 3.98. The van der Waals surface area contributed by atoms with Gasteiger partial charge < -0.3 is 5.32 Å². The lowest BCUT2D eigenvalue weighted by Crippen LogP contribution is -2.24. The second-order valence-electron chi connectivity index (χ2n) is 5.89. The molecule has 0 unspecified atom stereocenters. The van der Waals surface area contributed by atoms with Crippen LogP contribution in [0.5, 0.6) is 0 Å². The number of hydrogen-bond donors (Lipinski definition) is 2. The first-order valence-electron chi connectivity index (χ1n) is 8.50. The molecule has 0 aliphatic carbocycles. The van der Waals surface area contributed by atoms with Crippen molar-refractivity contribution in [2.45, 2.75) is 13.2 Å². The van der Waals surface area contributed by atoms with Gasteiger partial charge in [0.05, 0.1) is 17.2 Å². The quantitative estimate of drug-likeness (QED) is 0.391. The SMILES string of the molecule is N#Cc1ccc(CONC(=O)c2ccccc2NCc2ccncc2)c(I)c1. The number of nitriles is 1. The van der Waals surface area contributed by atoms with Gasteiger partial charge in [0.2, 0.25) is 0 Å². The van der Waals surface area contributed by atoms with Crippen molar-refractivity contribution in [2.75, 3.05) is 5.32 Å². The van der Waals surface area contributed by atoms with Crippen LogP contribution < -0.4 is 10.8 Å². The lowest BCUT2D eigenvalue weighted by atomic mass is 10.1. The number of benzene rings is 2. The van der Waals surface area contributed by atoms with Crippen molar-refractivity contribution in [1.82, 2.24) is 10.5 Å². The molecule has 1 amide bonds. The summed E-state index contributed by atoms with van der Waals surface area (Å²) in [6, 6.07) is 18.5. The van der Waals surface area contributed by atoms with Gasteiger partial charge in [-0.2, -0.15) is 5.26 Å². The van der Waals surface area contributed by atoms with Crippen molar-refractivity contribution in [1.29, 1.82) is 5.26 Å². The minimum atomic E-state index is -0.332. The summed E-state index contributed by atoms with van der Waals surface area (Å²) in [5, 5.41) is 12.2. The van der Waals surface area contributed by atoms with E-state index in [1.165, 1.54) is 0 Å². The molecule has 3 rings (SSSR count). The Labute approximate surface area is 176 Å². The number of carbonyl (C=O) groups excluding carboxylic acids is 1. The predicted molar refractivity (Wildman–Crippen MR) is 114 cm³/mol. The number of carbonyl (C=O) groups is 1. The van der Waals surface area contributed by atoms with Gasteiger partial charge in [0, 0.05) is 28.2 Å². The fourth-order valence-corrected chi connectivity index (χ4v) is 3.17. The maximum atomic E-state index is 12.5. The second kappa shape index (κ2) is 9.82. The highest BCUT2D eigenvalue weighted by molar-refractivity contribution is 14.1. The summed E-state index contributed by atoms with van der Waals surface area (Å²) in [6.45, 7) is 0.791. The Kier molecular flexibility index (Phi) is 6.94. The van der Waals surface area contributed by atoms with E-state index in [1.54, 1.807) is 36.7 Å². The van der Waals surface area contributed by atoms with Crippen LogP contribution in [-0.2, 0) is 18.0 Å². The van der Waals surface area contributed by atoms with Gasteiger partial charge in [-0.15, -0.1) is 0 Å². The first-order chi connectivity index (χ1) is 13.7. The van der Waals surface area contributed by atoms with Crippen molar-refractivity contribution in [3.8, 4) is 6.07 Å². The van der Waals surface area contributed by atoms with Gasteiger partial charge in [0.1, 0.15) is 6.61 Å². The molecule has 0 aliphatic heterocycles. The average Bonchev–Trinajstić information content (AvgIpc) is 2.74. The van der Waals surface area contributed by atoms with Crippen LogP contribution in [0.4, 0.5) is 5.69 Å². The lowest BCUT2D eigenvalue weighted by Gasteiger charge is -2.12. The van der Waals surface area contributed by atoms with Crippen LogP contribution in [0.15, 0.2) is 67.0 Å². The number of hydroxylamine groups is 1. The predicted octanol–water partition coefficient (Wildman–Crippen LogP) is 4.03. The molecule has 28 heavy (non-hydrogen) atoms. The van der Waals surface area contributed by atoms with Gasteiger partial charge in [-0.3, -0.25) is 14.6 Å². The number of para-hydroxylation sites is 1. The summed E-state index contributed by atoms with van der Waals surface area (Å²) in [6.07, 6.45) is 3.46. The highest BCUT2D eigenvalue weighted by Crippen LogP contribution is 2.17. The second-order valence-corrected chi connectivity index (χ2v) is 7.05. The van der Waals surface area contributed by atoms with Gasteiger partial charge in [-0.25, -0.2) is 5.48 Å². The van der Waals surface area contributed by atoms with Gasteiger partial charge in [0.15, 0.2) is 0 Å². The number of aromatic nitrogens is 1. The molecule has 0 atom stereocenters. The van der Waals surface area contributed by atoms with Gasteiger partial charge in [-0.1, -0.05) is 18.2 Å². The number of halogens is 1. The Morgan fingerprint density at radius 1 is 1.14 bits per heavy atom. The van der Waals surface area contributed by atoms with Crippen molar-refractivity contribution in [2.24, 2.45) is 0 Å². The van der Waals surface area contributed by atoms with Crippen molar-refractivity contribution < 1.29 is 9.63 Å². The van der Waals surface area contributed by atoms with Crippen LogP contribution in [0.3, 0.4) is 0 Å². The van der Waals surface area contributed by atoms with Crippen molar-refractivity contribution in [3.05, 3.63) is 92.8 Å². The molecule has 7 heteroatoms. The molecular weight excluding hydrogens is 467 g/mol. The Morgan fingerprint density at radius 3 is 2.68 bits per heavy atom. The van der Waals surface area contributed by atoms with Crippen molar-refractivity contribution >= 4 is 34.2 Å². The highest BCUT2D eigenvalue weighted by atomic mass is 127. The zero-order chi connectivity index (χ0) is 19.8. The molecule has 6 nitrogen and oxygen atoms in total. The van der Waals surface area contributed by atoms with E-state index in [2.05, 4.69) is 44.4 Å². The van der Waals surface area contributed by atoms with Crippen LogP contribution in [0, 0.1) is 14.9 Å². The van der Waals surface area contributed by atoms with E-state index in [4.69, 9.17) is 10.1 Å². The van der Waals surface area contributed by atoms with E-state index in [1.807, 2.05) is 30.3 Å². The van der Waals surface area contributed by atoms with Crippen LogP contribution in [0.25, 0.3) is 0 Å². The summed E-state index contributed by atoms with van der Waals surface area (Å²) < 4.78 is 0.908. The summed E-state index contributed by atoms with van der Waals surface area (Å²) >= 11 is 2.14. The topological polar surface area (TPSA) is 87.0 Å². The molecule has 0 bridgehead atoms. The van der Waals surface area contributed by atoms with Crippen LogP contribution >= 0.6 is 22.6 Å². The number of rotatable bonds is 7. The lowest BCUT2D eigenvalue weighted by molar-refractivity contribution is 0.0232. The fourth-order valence-electron chi connectivity index (χ4n) is 2.50. The number of amides is 1. The summed E-state index contributed by atoms with van der Waals surface area (Å²) in [7, 11) is 0. The first-order valence-corrected chi connectivity index (χ1v) is 9.57. The molecular formula is C21H17IN4O2. The van der Waals surface area contributed by atoms with E-state index in [0.29, 0.717) is 23.4 Å². The maximum Gasteiger partial charge on any atom is 0.276 e. The molecule has 140 valence electrons. The average molecular weight is 484 g/mol. The molecule has 0 spiro atoms. The van der Waals surface area contributed by atoms with E-state index < -0.39 is 0 Å². The monoisotopic (exact) mass is 484 g/mol. The first kappa shape index (κ1) is 19.8. The Balaban J connectivity index is 1.59. The highest BCUT2D eigenvalue weighted by Gasteiger charge is 2.11. The number of nitrogens with zero attached hydrogens (tertiary/aromatic N) is 2. The normalized spacial score (nSPS) is 10.1. The summed E-state index contributed by atoms with van der Waals surface area (Å²) in [5.41, 5.74) is 6.24. The minimum absolute atomic E-state index is 0.211.